The van der Waals surface area contributed by atoms with Crippen molar-refractivity contribution >= 4 is 12.0 Å². The lowest BCUT2D eigenvalue weighted by Crippen LogP contribution is -2.51. The molecule has 0 bridgehead atoms. The first-order chi connectivity index (χ1) is 10.5. The first-order valence-electron chi connectivity index (χ1n) is 8.77. The summed E-state index contributed by atoms with van der Waals surface area (Å²) < 4.78 is 0. The Kier molecular flexibility index (Phi) is 6.09. The van der Waals surface area contributed by atoms with Crippen LogP contribution in [-0.4, -0.2) is 41.1 Å². The van der Waals surface area contributed by atoms with Gasteiger partial charge in [-0.2, -0.15) is 0 Å². The summed E-state index contributed by atoms with van der Waals surface area (Å²) in [6.45, 7) is 5.32. The monoisotopic (exact) mass is 310 g/mol. The Bertz CT molecular complexity index is 393. The van der Waals surface area contributed by atoms with Gasteiger partial charge < -0.3 is 15.3 Å². The number of rotatable bonds is 4. The minimum atomic E-state index is -0.791. The first kappa shape index (κ1) is 17.1. The van der Waals surface area contributed by atoms with Gasteiger partial charge in [0.1, 0.15) is 0 Å². The average molecular weight is 310 g/mol. The Hall–Kier alpha value is -1.26. The molecular formula is C17H30N2O3. The van der Waals surface area contributed by atoms with Crippen molar-refractivity contribution in [1.82, 2.24) is 10.2 Å². The van der Waals surface area contributed by atoms with Crippen molar-refractivity contribution < 1.29 is 14.7 Å². The fourth-order valence-corrected chi connectivity index (χ4v) is 3.85. The Labute approximate surface area is 133 Å². The zero-order valence-corrected chi connectivity index (χ0v) is 13.9. The van der Waals surface area contributed by atoms with Crippen LogP contribution in [0, 0.1) is 17.8 Å². The van der Waals surface area contributed by atoms with Crippen LogP contribution in [0.25, 0.3) is 0 Å². The summed E-state index contributed by atoms with van der Waals surface area (Å²) >= 11 is 0. The highest BCUT2D eigenvalue weighted by molar-refractivity contribution is 5.76. The molecule has 22 heavy (non-hydrogen) atoms. The molecule has 0 radical (unpaired) electrons. The van der Waals surface area contributed by atoms with Crippen molar-refractivity contribution in [1.29, 1.82) is 0 Å². The first-order valence-corrected chi connectivity index (χ1v) is 8.77. The van der Waals surface area contributed by atoms with Gasteiger partial charge in [0, 0.05) is 19.1 Å². The van der Waals surface area contributed by atoms with E-state index in [1.807, 2.05) is 0 Å². The third-order valence-corrected chi connectivity index (χ3v) is 5.59. The van der Waals surface area contributed by atoms with Crippen molar-refractivity contribution in [2.45, 2.75) is 64.8 Å². The van der Waals surface area contributed by atoms with E-state index in [1.165, 1.54) is 32.1 Å². The number of nitrogens with one attached hydrogen (secondary N) is 1. The molecule has 2 aliphatic rings. The van der Waals surface area contributed by atoms with Crippen LogP contribution in [0.1, 0.15) is 58.8 Å². The van der Waals surface area contributed by atoms with Crippen LogP contribution in [0.5, 0.6) is 0 Å². The minimum absolute atomic E-state index is 0.0962. The van der Waals surface area contributed by atoms with E-state index in [0.717, 1.165) is 6.42 Å². The summed E-state index contributed by atoms with van der Waals surface area (Å²) in [5.74, 6) is -0.0202. The molecule has 126 valence electrons. The molecule has 0 aromatic carbocycles. The van der Waals surface area contributed by atoms with Crippen LogP contribution < -0.4 is 5.32 Å². The topological polar surface area (TPSA) is 69.6 Å². The number of carboxylic acids is 1. The van der Waals surface area contributed by atoms with Crippen molar-refractivity contribution in [3.8, 4) is 0 Å². The molecule has 2 rings (SSSR count). The Morgan fingerprint density at radius 2 is 1.77 bits per heavy atom. The molecule has 0 aromatic rings. The van der Waals surface area contributed by atoms with Crippen molar-refractivity contribution in [3.05, 3.63) is 0 Å². The molecule has 2 N–H and O–H groups in total. The third kappa shape index (κ3) is 4.37. The summed E-state index contributed by atoms with van der Waals surface area (Å²) in [5, 5.41) is 12.2. The Balaban J connectivity index is 1.83. The van der Waals surface area contributed by atoms with Gasteiger partial charge in [0.15, 0.2) is 0 Å². The number of hydrogen-bond donors (Lipinski definition) is 2. The van der Waals surface area contributed by atoms with E-state index in [-0.39, 0.29) is 12.1 Å². The van der Waals surface area contributed by atoms with Gasteiger partial charge in [-0.15, -0.1) is 0 Å². The molecule has 1 heterocycles. The molecule has 0 spiro atoms. The lowest BCUT2D eigenvalue weighted by Gasteiger charge is -2.35. The fraction of sp³-hybridized carbons (Fsp3) is 0.882. The number of aliphatic carboxylic acids is 1. The molecule has 1 saturated heterocycles. The summed E-state index contributed by atoms with van der Waals surface area (Å²) in [6, 6.07) is 0.0434. The number of piperidine rings is 1. The summed E-state index contributed by atoms with van der Waals surface area (Å²) in [7, 11) is 0. The average Bonchev–Trinajstić information content (AvgIpc) is 2.54. The molecule has 1 aliphatic carbocycles. The second kappa shape index (κ2) is 7.84. The molecule has 0 aromatic heterocycles. The van der Waals surface area contributed by atoms with Gasteiger partial charge in [-0.25, -0.2) is 4.79 Å². The van der Waals surface area contributed by atoms with Crippen LogP contribution in [0.3, 0.4) is 0 Å². The van der Waals surface area contributed by atoms with Gasteiger partial charge in [0.25, 0.3) is 0 Å². The van der Waals surface area contributed by atoms with Gasteiger partial charge in [0.2, 0.25) is 0 Å². The predicted molar refractivity (Wildman–Crippen MR) is 85.7 cm³/mol. The molecule has 3 atom stereocenters. The lowest BCUT2D eigenvalue weighted by atomic mass is 9.78. The van der Waals surface area contributed by atoms with E-state index in [1.54, 1.807) is 4.90 Å². The maximum atomic E-state index is 12.4. The third-order valence-electron chi connectivity index (χ3n) is 5.59. The molecule has 2 amide bonds. The van der Waals surface area contributed by atoms with Crippen LogP contribution in [0.4, 0.5) is 4.79 Å². The van der Waals surface area contributed by atoms with Crippen LogP contribution >= 0.6 is 0 Å². The zero-order valence-electron chi connectivity index (χ0n) is 13.9. The van der Waals surface area contributed by atoms with Crippen LogP contribution in [0.2, 0.25) is 0 Å². The van der Waals surface area contributed by atoms with E-state index >= 15 is 0 Å². The standard InChI is InChI=1S/C17H30N2O3/c1-12(14-7-4-3-5-8-14)13(2)18-17(22)19-10-6-9-15(11-19)16(20)21/h12-15H,3-11H2,1-2H3,(H,18,22)(H,20,21). The second-order valence-electron chi connectivity index (χ2n) is 7.12. The molecule has 2 fully saturated rings. The number of urea groups is 1. The van der Waals surface area contributed by atoms with E-state index in [9.17, 15) is 9.59 Å². The maximum Gasteiger partial charge on any atom is 0.317 e. The van der Waals surface area contributed by atoms with E-state index in [0.29, 0.717) is 31.3 Å². The van der Waals surface area contributed by atoms with Crippen molar-refractivity contribution in [2.24, 2.45) is 17.8 Å². The number of hydrogen-bond acceptors (Lipinski definition) is 2. The molecule has 5 nitrogen and oxygen atoms in total. The molecule has 1 saturated carbocycles. The largest absolute Gasteiger partial charge is 0.481 e. The van der Waals surface area contributed by atoms with E-state index in [2.05, 4.69) is 19.2 Å². The van der Waals surface area contributed by atoms with E-state index < -0.39 is 11.9 Å². The normalized spacial score (nSPS) is 26.3. The fourth-order valence-electron chi connectivity index (χ4n) is 3.85. The second-order valence-corrected chi connectivity index (χ2v) is 7.12. The highest BCUT2D eigenvalue weighted by atomic mass is 16.4. The highest BCUT2D eigenvalue weighted by Crippen LogP contribution is 2.31. The van der Waals surface area contributed by atoms with Crippen molar-refractivity contribution in [3.63, 3.8) is 0 Å². The van der Waals surface area contributed by atoms with Crippen LogP contribution in [0.15, 0.2) is 0 Å². The predicted octanol–water partition coefficient (Wildman–Crippen LogP) is 3.10. The summed E-state index contributed by atoms with van der Waals surface area (Å²) in [4.78, 5) is 25.2. The van der Waals surface area contributed by atoms with Crippen LogP contribution in [-0.2, 0) is 4.79 Å². The quantitative estimate of drug-likeness (QED) is 0.838. The number of nitrogens with zero attached hydrogens (tertiary/aromatic N) is 1. The highest BCUT2D eigenvalue weighted by Gasteiger charge is 2.30. The maximum absolute atomic E-state index is 12.4. The number of likely N-dealkylation sites (tertiary alicyclic amines) is 1. The SMILES string of the molecule is CC(NC(=O)N1CCCC(C(=O)O)C1)C(C)C1CCCCC1. The van der Waals surface area contributed by atoms with Crippen molar-refractivity contribution in [2.75, 3.05) is 13.1 Å². The van der Waals surface area contributed by atoms with Gasteiger partial charge >= 0.3 is 12.0 Å². The minimum Gasteiger partial charge on any atom is -0.481 e. The lowest BCUT2D eigenvalue weighted by molar-refractivity contribution is -0.143. The number of amides is 2. The molecule has 3 unspecified atom stereocenters. The number of carbonyl (C=O) groups is 2. The smallest absolute Gasteiger partial charge is 0.317 e. The number of carboxylic acid groups (broad SMARTS) is 1. The molecule has 5 heteroatoms. The summed E-state index contributed by atoms with van der Waals surface area (Å²) in [5.41, 5.74) is 0. The van der Waals surface area contributed by atoms with Gasteiger partial charge in [-0.05, 0) is 31.6 Å². The summed E-state index contributed by atoms with van der Waals surface area (Å²) in [6.07, 6.45) is 7.95. The Morgan fingerprint density at radius 3 is 2.41 bits per heavy atom. The zero-order chi connectivity index (χ0) is 16.1. The Morgan fingerprint density at radius 1 is 1.09 bits per heavy atom. The molecular weight excluding hydrogens is 280 g/mol. The number of carbonyl (C=O) groups excluding carboxylic acids is 1. The molecule has 1 aliphatic heterocycles. The van der Waals surface area contributed by atoms with Gasteiger partial charge in [-0.1, -0.05) is 39.0 Å². The van der Waals surface area contributed by atoms with Gasteiger partial charge in [-0.3, -0.25) is 4.79 Å². The van der Waals surface area contributed by atoms with E-state index in [4.69, 9.17) is 5.11 Å². The van der Waals surface area contributed by atoms with Gasteiger partial charge in [0.05, 0.1) is 5.92 Å².